The third kappa shape index (κ3) is 6.75. The topological polar surface area (TPSA) is 40.1 Å². The molecule has 1 aromatic carbocycles. The molecule has 4 heteroatoms. The van der Waals surface area contributed by atoms with Crippen LogP contribution in [0.15, 0.2) is 24.3 Å². The fourth-order valence-electron chi connectivity index (χ4n) is 0.663. The lowest BCUT2D eigenvalue weighted by Gasteiger charge is -1.93. The number of rotatable bonds is 0. The molecule has 12 heavy (non-hydrogen) atoms. The van der Waals surface area contributed by atoms with Gasteiger partial charge in [0.2, 0.25) is 0 Å². The van der Waals surface area contributed by atoms with E-state index in [4.69, 9.17) is 8.76 Å². The Hall–Kier alpha value is 0.0600. The van der Waals surface area contributed by atoms with Crippen LogP contribution in [0, 0.1) is 13.8 Å². The molecule has 68 valence electrons. The standard InChI is InChI=1S/C8H10.HIO2S/c1-7-5-3-4-6-8(7)2;1-4(2)3/h3-6H,1-2H3;(H,2,3)/p-1. The molecule has 1 unspecified atom stereocenters. The monoisotopic (exact) mass is 297 g/mol. The second-order valence-corrected chi connectivity index (χ2v) is 4.82. The summed E-state index contributed by atoms with van der Waals surface area (Å²) in [4.78, 5) is 0. The van der Waals surface area contributed by atoms with Gasteiger partial charge in [-0.3, -0.25) is 4.21 Å². The molecule has 1 rings (SSSR count). The van der Waals surface area contributed by atoms with Crippen molar-refractivity contribution in [3.05, 3.63) is 35.4 Å². The third-order valence-electron chi connectivity index (χ3n) is 1.43. The molecule has 0 saturated carbocycles. The molecule has 0 bridgehead atoms. The minimum Gasteiger partial charge on any atom is -0.764 e. The molecule has 0 aromatic heterocycles. The predicted molar refractivity (Wildman–Crippen MR) is 58.9 cm³/mol. The van der Waals surface area contributed by atoms with Crippen molar-refractivity contribution in [2.75, 3.05) is 0 Å². The van der Waals surface area contributed by atoms with Gasteiger partial charge in [-0.2, -0.15) is 0 Å². The Morgan fingerprint density at radius 3 is 1.67 bits per heavy atom. The zero-order chi connectivity index (χ0) is 9.56. The summed E-state index contributed by atoms with van der Waals surface area (Å²) in [6, 6.07) is 8.36. The second-order valence-electron chi connectivity index (χ2n) is 2.28. The molecular formula is C8H10IO2S-. The highest BCUT2D eigenvalue weighted by Crippen LogP contribution is 2.02. The highest BCUT2D eigenvalue weighted by atomic mass is 127. The van der Waals surface area contributed by atoms with Crippen LogP contribution in [0.1, 0.15) is 11.1 Å². The van der Waals surface area contributed by atoms with Gasteiger partial charge in [-0.05, 0) is 25.0 Å². The molecule has 1 atom stereocenters. The number of halogens is 1. The van der Waals surface area contributed by atoms with E-state index < -0.39 is 8.25 Å². The summed E-state index contributed by atoms with van der Waals surface area (Å²) in [5.74, 6) is 0. The number of hydrogen-bond acceptors (Lipinski definition) is 2. The van der Waals surface area contributed by atoms with E-state index >= 15 is 0 Å². The molecule has 0 fully saturated rings. The molecule has 0 aliphatic carbocycles. The van der Waals surface area contributed by atoms with Crippen molar-refractivity contribution in [1.82, 2.24) is 0 Å². The summed E-state index contributed by atoms with van der Waals surface area (Å²) in [5, 5.41) is 0. The molecule has 0 amide bonds. The third-order valence-corrected chi connectivity index (χ3v) is 1.43. The lowest BCUT2D eigenvalue weighted by Crippen LogP contribution is -1.74. The molecule has 0 saturated heterocycles. The summed E-state index contributed by atoms with van der Waals surface area (Å²) in [7, 11) is -1.89. The average molecular weight is 297 g/mol. The maximum Gasteiger partial charge on any atom is 0.0163 e. The van der Waals surface area contributed by atoms with Crippen LogP contribution in [0.2, 0.25) is 0 Å². The molecule has 2 nitrogen and oxygen atoms in total. The Kier molecular flexibility index (Phi) is 6.60. The van der Waals surface area contributed by atoms with Crippen LogP contribution >= 0.6 is 21.2 Å². The van der Waals surface area contributed by atoms with E-state index in [-0.39, 0.29) is 0 Å². The average Bonchev–Trinajstić information content (AvgIpc) is 1.94. The van der Waals surface area contributed by atoms with Crippen LogP contribution in [0.4, 0.5) is 0 Å². The van der Waals surface area contributed by atoms with Crippen molar-refractivity contribution in [2.45, 2.75) is 13.8 Å². The lowest BCUT2D eigenvalue weighted by molar-refractivity contribution is 0.556. The van der Waals surface area contributed by atoms with Gasteiger partial charge in [0.15, 0.2) is 0 Å². The van der Waals surface area contributed by atoms with Crippen molar-refractivity contribution in [2.24, 2.45) is 0 Å². The van der Waals surface area contributed by atoms with Gasteiger partial charge in [0.05, 0.1) is 0 Å². The Bertz CT molecular complexity index is 238. The number of hydrogen-bond donors (Lipinski definition) is 0. The van der Waals surface area contributed by atoms with Crippen molar-refractivity contribution < 1.29 is 8.76 Å². The van der Waals surface area contributed by atoms with E-state index in [2.05, 4.69) is 38.1 Å². The van der Waals surface area contributed by atoms with Gasteiger partial charge in [-0.25, -0.2) is 0 Å². The first-order valence-corrected chi connectivity index (χ1v) is 6.93. The first-order chi connectivity index (χ1) is 5.54. The number of aryl methyl sites for hydroxylation is 2. The Morgan fingerprint density at radius 2 is 1.50 bits per heavy atom. The second kappa shape index (κ2) is 6.56. The normalized spacial score (nSPS) is 11.3. The molecule has 0 N–H and O–H groups in total. The quantitative estimate of drug-likeness (QED) is 0.419. The fourth-order valence-corrected chi connectivity index (χ4v) is 0.663. The highest BCUT2D eigenvalue weighted by molar-refractivity contribution is 14.2. The van der Waals surface area contributed by atoms with Gasteiger partial charge in [0.1, 0.15) is 0 Å². The summed E-state index contributed by atoms with van der Waals surface area (Å²) in [6.45, 7) is 4.24. The summed E-state index contributed by atoms with van der Waals surface area (Å²) < 4.78 is 18.0. The summed E-state index contributed by atoms with van der Waals surface area (Å²) in [6.07, 6.45) is 0. The van der Waals surface area contributed by atoms with E-state index in [0.29, 0.717) is 0 Å². The first-order valence-electron chi connectivity index (χ1n) is 3.31. The van der Waals surface area contributed by atoms with Crippen LogP contribution in [-0.4, -0.2) is 8.76 Å². The van der Waals surface area contributed by atoms with E-state index in [1.165, 1.54) is 32.3 Å². The van der Waals surface area contributed by atoms with Gasteiger partial charge in [-0.1, -0.05) is 24.3 Å². The smallest absolute Gasteiger partial charge is 0.0163 e. The van der Waals surface area contributed by atoms with Crippen molar-refractivity contribution in [3.63, 3.8) is 0 Å². The zero-order valence-electron chi connectivity index (χ0n) is 6.91. The molecule has 0 heterocycles. The van der Waals surface area contributed by atoms with Gasteiger partial charge in [0.25, 0.3) is 0 Å². The van der Waals surface area contributed by atoms with E-state index in [1.54, 1.807) is 0 Å². The fraction of sp³-hybridized carbons (Fsp3) is 0.250. The van der Waals surface area contributed by atoms with E-state index in [9.17, 15) is 0 Å². The van der Waals surface area contributed by atoms with E-state index in [1.807, 2.05) is 0 Å². The zero-order valence-corrected chi connectivity index (χ0v) is 9.89. The predicted octanol–water partition coefficient (Wildman–Crippen LogP) is 2.52. The summed E-state index contributed by atoms with van der Waals surface area (Å²) in [5.41, 5.74) is 2.74. The minimum atomic E-state index is -1.89. The van der Waals surface area contributed by atoms with Crippen LogP contribution < -0.4 is 0 Å². The van der Waals surface area contributed by atoms with Gasteiger partial charge < -0.3 is 4.55 Å². The molecule has 0 aliphatic heterocycles. The largest absolute Gasteiger partial charge is 0.764 e. The van der Waals surface area contributed by atoms with Crippen LogP contribution in [0.5, 0.6) is 0 Å². The molecule has 0 radical (unpaired) electrons. The van der Waals surface area contributed by atoms with Crippen molar-refractivity contribution >= 4 is 29.5 Å². The highest BCUT2D eigenvalue weighted by Gasteiger charge is 1.83. The maximum absolute atomic E-state index is 8.99. The van der Waals surface area contributed by atoms with Crippen molar-refractivity contribution in [3.8, 4) is 0 Å². The molecule has 0 aliphatic rings. The Labute approximate surface area is 87.3 Å². The molecular weight excluding hydrogens is 287 g/mol. The first kappa shape index (κ1) is 12.1. The van der Waals surface area contributed by atoms with Gasteiger partial charge >= 0.3 is 0 Å². The van der Waals surface area contributed by atoms with Gasteiger partial charge in [-0.15, -0.1) is 0 Å². The molecule has 1 aromatic rings. The van der Waals surface area contributed by atoms with Crippen molar-refractivity contribution in [1.29, 1.82) is 0 Å². The number of benzene rings is 1. The van der Waals surface area contributed by atoms with Crippen LogP contribution in [-0.2, 0) is 8.25 Å². The Balaban J connectivity index is 0.000000261. The maximum atomic E-state index is 8.99. The van der Waals surface area contributed by atoms with E-state index in [0.717, 1.165) is 0 Å². The van der Waals surface area contributed by atoms with Crippen LogP contribution in [0.25, 0.3) is 0 Å². The Morgan fingerprint density at radius 1 is 1.25 bits per heavy atom. The summed E-state index contributed by atoms with van der Waals surface area (Å²) >= 11 is 1.26. The molecule has 0 spiro atoms. The van der Waals surface area contributed by atoms with Crippen LogP contribution in [0.3, 0.4) is 0 Å². The SMILES string of the molecule is Cc1ccccc1C.O=S([O-])I. The minimum absolute atomic E-state index is 1.26. The lowest BCUT2D eigenvalue weighted by atomic mass is 10.1. The van der Waals surface area contributed by atoms with Gasteiger partial charge in [0, 0.05) is 29.5 Å².